The predicted molar refractivity (Wildman–Crippen MR) is 71.5 cm³/mol. The van der Waals surface area contributed by atoms with Gasteiger partial charge in [0.2, 0.25) is 0 Å². The topological polar surface area (TPSA) is 46.3 Å². The van der Waals surface area contributed by atoms with E-state index >= 15 is 0 Å². The molecule has 17 heavy (non-hydrogen) atoms. The third-order valence-electron chi connectivity index (χ3n) is 3.39. The van der Waals surface area contributed by atoms with E-state index in [0.29, 0.717) is 11.3 Å². The summed E-state index contributed by atoms with van der Waals surface area (Å²) >= 11 is 0. The van der Waals surface area contributed by atoms with E-state index in [2.05, 4.69) is 4.90 Å². The smallest absolute Gasteiger partial charge is 0.161 e. The van der Waals surface area contributed by atoms with Gasteiger partial charge in [0.25, 0.3) is 0 Å². The van der Waals surface area contributed by atoms with Crippen molar-refractivity contribution in [2.45, 2.75) is 32.6 Å². The number of carbonyl (C=O) groups excluding carboxylic acids is 1. The van der Waals surface area contributed by atoms with Crippen LogP contribution < -0.4 is 10.6 Å². The zero-order valence-electron chi connectivity index (χ0n) is 10.4. The van der Waals surface area contributed by atoms with Gasteiger partial charge in [-0.1, -0.05) is 12.8 Å². The maximum atomic E-state index is 11.5. The minimum absolute atomic E-state index is 0.0409. The largest absolute Gasteiger partial charge is 0.398 e. The molecule has 3 heteroatoms. The Labute approximate surface area is 103 Å². The van der Waals surface area contributed by atoms with Crippen LogP contribution in [0, 0.1) is 0 Å². The van der Waals surface area contributed by atoms with E-state index in [1.165, 1.54) is 25.7 Å². The summed E-state index contributed by atoms with van der Waals surface area (Å²) in [5.74, 6) is 0.0409. The number of nitrogens with two attached hydrogens (primary N) is 1. The van der Waals surface area contributed by atoms with Crippen LogP contribution in [-0.4, -0.2) is 18.9 Å². The van der Waals surface area contributed by atoms with Crippen LogP contribution in [0.3, 0.4) is 0 Å². The molecule has 0 aromatic heterocycles. The predicted octanol–water partition coefficient (Wildman–Crippen LogP) is 2.85. The van der Waals surface area contributed by atoms with Gasteiger partial charge in [-0.25, -0.2) is 0 Å². The van der Waals surface area contributed by atoms with Gasteiger partial charge in [-0.15, -0.1) is 0 Å². The molecule has 1 aliphatic rings. The number of carbonyl (C=O) groups is 1. The van der Waals surface area contributed by atoms with Gasteiger partial charge >= 0.3 is 0 Å². The molecule has 0 bridgehead atoms. The first kappa shape index (κ1) is 12.0. The van der Waals surface area contributed by atoms with E-state index in [9.17, 15) is 4.79 Å². The molecular formula is C14H20N2O. The van der Waals surface area contributed by atoms with Gasteiger partial charge in [-0.2, -0.15) is 0 Å². The molecule has 2 N–H and O–H groups in total. The summed E-state index contributed by atoms with van der Waals surface area (Å²) < 4.78 is 0. The molecule has 0 spiro atoms. The van der Waals surface area contributed by atoms with Crippen molar-refractivity contribution in [2.24, 2.45) is 0 Å². The lowest BCUT2D eigenvalue weighted by atomic mass is 10.1. The molecule has 0 unspecified atom stereocenters. The molecule has 1 aromatic carbocycles. The summed E-state index contributed by atoms with van der Waals surface area (Å²) in [6.07, 6.45) is 5.09. The van der Waals surface area contributed by atoms with Crippen molar-refractivity contribution in [1.29, 1.82) is 0 Å². The van der Waals surface area contributed by atoms with Crippen LogP contribution in [0.4, 0.5) is 11.4 Å². The average Bonchev–Trinajstić information content (AvgIpc) is 2.58. The highest BCUT2D eigenvalue weighted by atomic mass is 16.1. The molecule has 1 aliphatic heterocycles. The number of rotatable bonds is 2. The van der Waals surface area contributed by atoms with Crippen molar-refractivity contribution >= 4 is 17.2 Å². The van der Waals surface area contributed by atoms with Gasteiger partial charge in [-0.3, -0.25) is 4.79 Å². The Morgan fingerprint density at radius 1 is 1.18 bits per heavy atom. The molecule has 3 nitrogen and oxygen atoms in total. The number of nitrogen functional groups attached to an aromatic ring is 1. The van der Waals surface area contributed by atoms with Crippen LogP contribution in [0.2, 0.25) is 0 Å². The van der Waals surface area contributed by atoms with Gasteiger partial charge in [0.15, 0.2) is 5.78 Å². The SMILES string of the molecule is CC(=O)c1cc(N2CCCCCC2)ccc1N. The zero-order chi connectivity index (χ0) is 12.3. The molecule has 1 saturated heterocycles. The summed E-state index contributed by atoms with van der Waals surface area (Å²) in [7, 11) is 0. The molecule has 0 atom stereocenters. The van der Waals surface area contributed by atoms with Gasteiger partial charge in [0, 0.05) is 30.0 Å². The minimum Gasteiger partial charge on any atom is -0.398 e. The fourth-order valence-corrected chi connectivity index (χ4v) is 2.37. The Bertz CT molecular complexity index is 407. The van der Waals surface area contributed by atoms with Crippen LogP contribution in [0.25, 0.3) is 0 Å². The summed E-state index contributed by atoms with van der Waals surface area (Å²) in [6, 6.07) is 5.80. The van der Waals surface area contributed by atoms with Crippen molar-refractivity contribution < 1.29 is 4.79 Å². The number of benzene rings is 1. The van der Waals surface area contributed by atoms with Gasteiger partial charge in [-0.05, 0) is 38.0 Å². The molecule has 0 saturated carbocycles. The quantitative estimate of drug-likeness (QED) is 0.630. The lowest BCUT2D eigenvalue weighted by Gasteiger charge is -2.23. The number of hydrogen-bond acceptors (Lipinski definition) is 3. The molecule has 0 aliphatic carbocycles. The van der Waals surface area contributed by atoms with Crippen molar-refractivity contribution in [3.63, 3.8) is 0 Å². The standard InChI is InChI=1S/C14H20N2O/c1-11(17)13-10-12(6-7-14(13)15)16-8-4-2-3-5-9-16/h6-7,10H,2-5,8-9,15H2,1H3. The van der Waals surface area contributed by atoms with Gasteiger partial charge < -0.3 is 10.6 Å². The van der Waals surface area contributed by atoms with Crippen LogP contribution in [0.5, 0.6) is 0 Å². The van der Waals surface area contributed by atoms with E-state index in [4.69, 9.17) is 5.73 Å². The van der Waals surface area contributed by atoms with Gasteiger partial charge in [0.05, 0.1) is 0 Å². The van der Waals surface area contributed by atoms with Crippen LogP contribution >= 0.6 is 0 Å². The fraction of sp³-hybridized carbons (Fsp3) is 0.500. The second-order valence-electron chi connectivity index (χ2n) is 4.73. The van der Waals surface area contributed by atoms with E-state index in [1.54, 1.807) is 6.92 Å². The lowest BCUT2D eigenvalue weighted by molar-refractivity contribution is 0.101. The van der Waals surface area contributed by atoms with Crippen molar-refractivity contribution in [2.75, 3.05) is 23.7 Å². The van der Waals surface area contributed by atoms with E-state index in [-0.39, 0.29) is 5.78 Å². The Hall–Kier alpha value is -1.51. The minimum atomic E-state index is 0.0409. The van der Waals surface area contributed by atoms with Gasteiger partial charge in [0.1, 0.15) is 0 Å². The Balaban J connectivity index is 2.25. The van der Waals surface area contributed by atoms with Crippen molar-refractivity contribution in [3.8, 4) is 0 Å². The molecule has 1 heterocycles. The van der Waals surface area contributed by atoms with E-state index in [1.807, 2.05) is 18.2 Å². The van der Waals surface area contributed by atoms with E-state index in [0.717, 1.165) is 18.8 Å². The monoisotopic (exact) mass is 232 g/mol. The second-order valence-corrected chi connectivity index (χ2v) is 4.73. The van der Waals surface area contributed by atoms with Crippen molar-refractivity contribution in [3.05, 3.63) is 23.8 Å². The first-order valence-corrected chi connectivity index (χ1v) is 6.34. The maximum Gasteiger partial charge on any atom is 0.161 e. The third-order valence-corrected chi connectivity index (χ3v) is 3.39. The Kier molecular flexibility index (Phi) is 3.67. The highest BCUT2D eigenvalue weighted by molar-refractivity contribution is 6.00. The molecular weight excluding hydrogens is 212 g/mol. The number of Topliss-reactive ketones (excluding diaryl/α,β-unsaturated/α-hetero) is 1. The highest BCUT2D eigenvalue weighted by Gasteiger charge is 2.12. The highest BCUT2D eigenvalue weighted by Crippen LogP contribution is 2.24. The summed E-state index contributed by atoms with van der Waals surface area (Å²) in [5, 5.41) is 0. The summed E-state index contributed by atoms with van der Waals surface area (Å²) in [5.41, 5.74) is 8.17. The molecule has 1 fully saturated rings. The molecule has 0 amide bonds. The van der Waals surface area contributed by atoms with Crippen LogP contribution in [-0.2, 0) is 0 Å². The third kappa shape index (κ3) is 2.78. The number of nitrogens with zero attached hydrogens (tertiary/aromatic N) is 1. The normalized spacial score (nSPS) is 16.6. The first-order valence-electron chi connectivity index (χ1n) is 6.34. The van der Waals surface area contributed by atoms with Crippen molar-refractivity contribution in [1.82, 2.24) is 0 Å². The second kappa shape index (κ2) is 5.21. The first-order chi connectivity index (χ1) is 8.18. The van der Waals surface area contributed by atoms with E-state index < -0.39 is 0 Å². The maximum absolute atomic E-state index is 11.5. The number of ketones is 1. The Morgan fingerprint density at radius 3 is 2.41 bits per heavy atom. The molecule has 92 valence electrons. The zero-order valence-corrected chi connectivity index (χ0v) is 10.4. The summed E-state index contributed by atoms with van der Waals surface area (Å²) in [6.45, 7) is 3.74. The fourth-order valence-electron chi connectivity index (χ4n) is 2.37. The van der Waals surface area contributed by atoms with Crippen LogP contribution in [0.1, 0.15) is 43.0 Å². The Morgan fingerprint density at radius 2 is 1.82 bits per heavy atom. The number of hydrogen-bond donors (Lipinski definition) is 1. The molecule has 0 radical (unpaired) electrons. The van der Waals surface area contributed by atoms with Crippen LogP contribution in [0.15, 0.2) is 18.2 Å². The molecule has 2 rings (SSSR count). The molecule has 1 aromatic rings. The summed E-state index contributed by atoms with van der Waals surface area (Å²) in [4.78, 5) is 13.8. The number of anilines is 2. The lowest BCUT2D eigenvalue weighted by Crippen LogP contribution is -2.24. The average molecular weight is 232 g/mol.